The highest BCUT2D eigenvalue weighted by molar-refractivity contribution is 5.95. The van der Waals surface area contributed by atoms with Crippen LogP contribution in [0, 0.1) is 17.1 Å². The first-order chi connectivity index (χ1) is 13.3. The van der Waals surface area contributed by atoms with Gasteiger partial charge in [0.2, 0.25) is 0 Å². The Kier molecular flexibility index (Phi) is 4.00. The summed E-state index contributed by atoms with van der Waals surface area (Å²) in [5.74, 6) is -4.88. The molecule has 1 aliphatic rings. The summed E-state index contributed by atoms with van der Waals surface area (Å²) in [6, 6.07) is 7.54. The Bertz CT molecular complexity index is 1140. The number of nitriles is 1. The fourth-order valence-corrected chi connectivity index (χ4v) is 3.57. The van der Waals surface area contributed by atoms with Gasteiger partial charge in [-0.1, -0.05) is 0 Å². The molecule has 1 unspecified atom stereocenters. The van der Waals surface area contributed by atoms with E-state index in [2.05, 4.69) is 5.10 Å². The van der Waals surface area contributed by atoms with Gasteiger partial charge in [-0.25, -0.2) is 22.5 Å². The lowest BCUT2D eigenvalue weighted by Crippen LogP contribution is -2.26. The van der Waals surface area contributed by atoms with Crippen molar-refractivity contribution >= 4 is 17.2 Å². The molecule has 0 radical (unpaired) electrons. The average Bonchev–Trinajstić information content (AvgIpc) is 3.21. The molecule has 0 spiro atoms. The minimum Gasteiger partial charge on any atom is -0.478 e. The lowest BCUT2D eigenvalue weighted by molar-refractivity contribution is 0.0223. The molecule has 1 aliphatic heterocycles. The predicted molar refractivity (Wildman–Crippen MR) is 92.9 cm³/mol. The highest BCUT2D eigenvalue weighted by Gasteiger charge is 2.46. The van der Waals surface area contributed by atoms with Crippen LogP contribution in [0.2, 0.25) is 0 Å². The SMILES string of the molecule is N#Cc1cc(F)cc(C2CC(F)(F)CN2c2ccn3ncc(C(=O)O)c3c2)c1. The zero-order chi connectivity index (χ0) is 20.1. The van der Waals surface area contributed by atoms with E-state index in [0.29, 0.717) is 5.69 Å². The fourth-order valence-electron chi connectivity index (χ4n) is 3.57. The van der Waals surface area contributed by atoms with E-state index >= 15 is 0 Å². The van der Waals surface area contributed by atoms with E-state index in [0.717, 1.165) is 12.1 Å². The number of carboxylic acids is 1. The topological polar surface area (TPSA) is 81.6 Å². The summed E-state index contributed by atoms with van der Waals surface area (Å²) in [5, 5.41) is 22.2. The van der Waals surface area contributed by atoms with Gasteiger partial charge in [-0.2, -0.15) is 10.4 Å². The number of carbonyl (C=O) groups is 1. The lowest BCUT2D eigenvalue weighted by Gasteiger charge is -2.26. The molecular formula is C19H13F3N4O2. The van der Waals surface area contributed by atoms with Crippen LogP contribution >= 0.6 is 0 Å². The molecule has 3 aromatic rings. The molecule has 0 amide bonds. The Morgan fingerprint density at radius 1 is 1.32 bits per heavy atom. The molecular weight excluding hydrogens is 373 g/mol. The number of hydrogen-bond acceptors (Lipinski definition) is 4. The number of fused-ring (bicyclic) bond motifs is 1. The number of aromatic nitrogens is 2. The summed E-state index contributed by atoms with van der Waals surface area (Å²) in [6.07, 6.45) is 2.12. The van der Waals surface area contributed by atoms with Crippen LogP contribution in [0.15, 0.2) is 42.7 Å². The molecule has 1 saturated heterocycles. The van der Waals surface area contributed by atoms with Gasteiger partial charge in [0.1, 0.15) is 11.4 Å². The third-order valence-electron chi connectivity index (χ3n) is 4.77. The quantitative estimate of drug-likeness (QED) is 0.743. The van der Waals surface area contributed by atoms with Gasteiger partial charge in [0, 0.05) is 18.3 Å². The summed E-state index contributed by atoms with van der Waals surface area (Å²) in [6.45, 7) is -0.608. The van der Waals surface area contributed by atoms with Gasteiger partial charge in [0.25, 0.3) is 5.92 Å². The first kappa shape index (κ1) is 17.9. The van der Waals surface area contributed by atoms with Crippen LogP contribution in [0.5, 0.6) is 0 Å². The van der Waals surface area contributed by atoms with E-state index in [4.69, 9.17) is 5.26 Å². The number of carboxylic acid groups (broad SMARTS) is 1. The van der Waals surface area contributed by atoms with Gasteiger partial charge in [0.15, 0.2) is 0 Å². The summed E-state index contributed by atoms with van der Waals surface area (Å²) in [5.41, 5.74) is 0.878. The Labute approximate surface area is 157 Å². The average molecular weight is 386 g/mol. The summed E-state index contributed by atoms with van der Waals surface area (Å²) in [4.78, 5) is 12.7. The van der Waals surface area contributed by atoms with E-state index in [-0.39, 0.29) is 22.2 Å². The fraction of sp³-hybridized carbons (Fsp3) is 0.211. The maximum absolute atomic E-state index is 14.2. The monoisotopic (exact) mass is 386 g/mol. The van der Waals surface area contributed by atoms with Gasteiger partial charge >= 0.3 is 5.97 Å². The Morgan fingerprint density at radius 2 is 2.11 bits per heavy atom. The number of aromatic carboxylic acids is 1. The third kappa shape index (κ3) is 3.03. The van der Waals surface area contributed by atoms with Crippen molar-refractivity contribution in [2.75, 3.05) is 11.4 Å². The minimum absolute atomic E-state index is 0.0459. The molecule has 0 saturated carbocycles. The molecule has 4 rings (SSSR count). The van der Waals surface area contributed by atoms with Crippen LogP contribution in [0.4, 0.5) is 18.9 Å². The number of benzene rings is 1. The van der Waals surface area contributed by atoms with E-state index in [1.165, 1.54) is 33.9 Å². The zero-order valence-corrected chi connectivity index (χ0v) is 14.3. The van der Waals surface area contributed by atoms with E-state index in [9.17, 15) is 23.1 Å². The number of pyridine rings is 1. The van der Waals surface area contributed by atoms with Crippen molar-refractivity contribution in [1.82, 2.24) is 9.61 Å². The highest BCUT2D eigenvalue weighted by atomic mass is 19.3. The van der Waals surface area contributed by atoms with E-state index in [1.807, 2.05) is 6.07 Å². The second-order valence-electron chi connectivity index (χ2n) is 6.67. The molecule has 1 fully saturated rings. The summed E-state index contributed by atoms with van der Waals surface area (Å²) in [7, 11) is 0. The summed E-state index contributed by atoms with van der Waals surface area (Å²) < 4.78 is 43.7. The van der Waals surface area contributed by atoms with Crippen molar-refractivity contribution in [1.29, 1.82) is 5.26 Å². The van der Waals surface area contributed by atoms with Crippen LogP contribution in [0.3, 0.4) is 0 Å². The smallest absolute Gasteiger partial charge is 0.339 e. The maximum Gasteiger partial charge on any atom is 0.339 e. The minimum atomic E-state index is -3.02. The number of halogens is 3. The molecule has 0 bridgehead atoms. The van der Waals surface area contributed by atoms with Crippen LogP contribution in [0.25, 0.3) is 5.52 Å². The molecule has 9 heteroatoms. The van der Waals surface area contributed by atoms with Crippen molar-refractivity contribution in [3.8, 4) is 6.07 Å². The van der Waals surface area contributed by atoms with Crippen LogP contribution in [-0.2, 0) is 0 Å². The number of nitrogens with zero attached hydrogens (tertiary/aromatic N) is 4. The molecule has 6 nitrogen and oxygen atoms in total. The van der Waals surface area contributed by atoms with E-state index < -0.39 is 36.7 Å². The van der Waals surface area contributed by atoms with Gasteiger partial charge in [-0.15, -0.1) is 0 Å². The summed E-state index contributed by atoms with van der Waals surface area (Å²) >= 11 is 0. The van der Waals surface area contributed by atoms with Crippen LogP contribution < -0.4 is 4.90 Å². The normalized spacial score (nSPS) is 18.4. The molecule has 3 heterocycles. The second-order valence-corrected chi connectivity index (χ2v) is 6.67. The highest BCUT2D eigenvalue weighted by Crippen LogP contribution is 2.44. The molecule has 142 valence electrons. The first-order valence-corrected chi connectivity index (χ1v) is 8.33. The first-order valence-electron chi connectivity index (χ1n) is 8.33. The van der Waals surface area contributed by atoms with Crippen LogP contribution in [0.1, 0.15) is 33.9 Å². The molecule has 2 aromatic heterocycles. The van der Waals surface area contributed by atoms with Crippen molar-refractivity contribution in [3.63, 3.8) is 0 Å². The zero-order valence-electron chi connectivity index (χ0n) is 14.3. The van der Waals surface area contributed by atoms with Gasteiger partial charge in [0.05, 0.1) is 35.9 Å². The third-order valence-corrected chi connectivity index (χ3v) is 4.77. The number of hydrogen-bond donors (Lipinski definition) is 1. The van der Waals surface area contributed by atoms with Crippen LogP contribution in [-0.4, -0.2) is 33.2 Å². The maximum atomic E-state index is 14.2. The van der Waals surface area contributed by atoms with Crippen molar-refractivity contribution in [2.45, 2.75) is 18.4 Å². The Morgan fingerprint density at radius 3 is 2.82 bits per heavy atom. The van der Waals surface area contributed by atoms with Gasteiger partial charge in [-0.05, 0) is 35.9 Å². The lowest BCUT2D eigenvalue weighted by atomic mass is 10.0. The standard InChI is InChI=1S/C19H13F3N4O2/c20-13-4-11(8-23)3-12(5-13)17-7-19(21,22)10-25(17)14-1-2-26-16(6-14)15(9-24-26)18(27)28/h1-6,9,17H,7,10H2,(H,27,28). The molecule has 1 N–H and O–H groups in total. The Balaban J connectivity index is 1.82. The number of anilines is 1. The number of rotatable bonds is 3. The predicted octanol–water partition coefficient (Wildman–Crippen LogP) is 3.63. The molecule has 0 aliphatic carbocycles. The van der Waals surface area contributed by atoms with E-state index in [1.54, 1.807) is 6.07 Å². The Hall–Kier alpha value is -3.54. The number of alkyl halides is 2. The van der Waals surface area contributed by atoms with Gasteiger partial charge < -0.3 is 10.0 Å². The molecule has 1 aromatic carbocycles. The van der Waals surface area contributed by atoms with Crippen molar-refractivity contribution in [3.05, 3.63) is 65.2 Å². The largest absolute Gasteiger partial charge is 0.478 e. The molecule has 28 heavy (non-hydrogen) atoms. The molecule has 1 atom stereocenters. The van der Waals surface area contributed by atoms with Crippen molar-refractivity contribution < 1.29 is 23.1 Å². The van der Waals surface area contributed by atoms with Gasteiger partial charge in [-0.3, -0.25) is 0 Å². The van der Waals surface area contributed by atoms with Crippen molar-refractivity contribution in [2.24, 2.45) is 0 Å². The second kappa shape index (κ2) is 6.27.